The van der Waals surface area contributed by atoms with E-state index >= 15 is 0 Å². The van der Waals surface area contributed by atoms with Crippen molar-refractivity contribution in [2.45, 2.75) is 37.5 Å². The number of nitrogens with one attached hydrogen (secondary N) is 2. The zero-order chi connectivity index (χ0) is 12.5. The van der Waals surface area contributed by atoms with Gasteiger partial charge in [0, 0.05) is 12.6 Å². The summed E-state index contributed by atoms with van der Waals surface area (Å²) in [4.78, 5) is 0. The van der Waals surface area contributed by atoms with E-state index in [4.69, 9.17) is 5.73 Å². The van der Waals surface area contributed by atoms with Crippen molar-refractivity contribution in [2.24, 2.45) is 17.6 Å². The molecule has 17 heavy (non-hydrogen) atoms. The summed E-state index contributed by atoms with van der Waals surface area (Å²) >= 11 is 0. The molecule has 2 fully saturated rings. The van der Waals surface area contributed by atoms with Crippen LogP contribution in [-0.4, -0.2) is 37.9 Å². The van der Waals surface area contributed by atoms with E-state index in [1.807, 2.05) is 0 Å². The van der Waals surface area contributed by atoms with E-state index in [-0.39, 0.29) is 12.5 Å². The summed E-state index contributed by atoms with van der Waals surface area (Å²) in [5, 5.41) is 5.88. The number of alkyl halides is 3. The highest BCUT2D eigenvalue weighted by molar-refractivity contribution is 4.89. The molecule has 3 nitrogen and oxygen atoms in total. The van der Waals surface area contributed by atoms with Crippen LogP contribution < -0.4 is 16.4 Å². The van der Waals surface area contributed by atoms with Gasteiger partial charge in [-0.3, -0.25) is 0 Å². The molecule has 0 spiro atoms. The van der Waals surface area contributed by atoms with Crippen LogP contribution in [0.1, 0.15) is 19.3 Å². The highest BCUT2D eigenvalue weighted by atomic mass is 19.4. The summed E-state index contributed by atoms with van der Waals surface area (Å²) in [6.45, 7) is 2.17. The predicted molar refractivity (Wildman–Crippen MR) is 59.5 cm³/mol. The molecule has 0 aliphatic carbocycles. The Morgan fingerprint density at radius 2 is 1.76 bits per heavy atom. The van der Waals surface area contributed by atoms with E-state index in [2.05, 4.69) is 10.6 Å². The summed E-state index contributed by atoms with van der Waals surface area (Å²) in [5.41, 5.74) is 5.87. The molecule has 2 aliphatic rings. The molecule has 0 radical (unpaired) electrons. The van der Waals surface area contributed by atoms with Crippen molar-refractivity contribution in [3.05, 3.63) is 0 Å². The largest absolute Gasteiger partial charge is 0.403 e. The molecular formula is C11H20F3N3. The second-order valence-electron chi connectivity index (χ2n) is 5.25. The fourth-order valence-corrected chi connectivity index (χ4v) is 2.93. The van der Waals surface area contributed by atoms with Gasteiger partial charge in [-0.2, -0.15) is 13.2 Å². The molecule has 0 bridgehead atoms. The third-order valence-electron chi connectivity index (χ3n) is 3.93. The zero-order valence-corrected chi connectivity index (χ0v) is 9.76. The molecule has 2 heterocycles. The first-order chi connectivity index (χ1) is 7.97. The minimum Gasteiger partial charge on any atom is -0.327 e. The molecule has 0 aromatic rings. The second kappa shape index (κ2) is 5.12. The lowest BCUT2D eigenvalue weighted by Crippen LogP contribution is -2.53. The van der Waals surface area contributed by atoms with E-state index in [9.17, 15) is 13.2 Å². The highest BCUT2D eigenvalue weighted by Gasteiger charge is 2.42. The van der Waals surface area contributed by atoms with E-state index in [0.717, 1.165) is 19.5 Å². The normalized spacial score (nSPS) is 40.2. The van der Waals surface area contributed by atoms with Gasteiger partial charge in [0.25, 0.3) is 0 Å². The minimum absolute atomic E-state index is 0.147. The molecular weight excluding hydrogens is 231 g/mol. The lowest BCUT2D eigenvalue weighted by molar-refractivity contribution is -0.163. The van der Waals surface area contributed by atoms with Crippen LogP contribution in [0.4, 0.5) is 13.2 Å². The molecule has 2 saturated heterocycles. The summed E-state index contributed by atoms with van der Waals surface area (Å²) in [7, 11) is 0. The van der Waals surface area contributed by atoms with Crippen LogP contribution >= 0.6 is 0 Å². The van der Waals surface area contributed by atoms with Gasteiger partial charge in [-0.15, -0.1) is 0 Å². The quantitative estimate of drug-likeness (QED) is 0.647. The van der Waals surface area contributed by atoms with Crippen molar-refractivity contribution < 1.29 is 13.2 Å². The molecule has 6 heteroatoms. The average molecular weight is 251 g/mol. The summed E-state index contributed by atoms with van der Waals surface area (Å²) in [6, 6.07) is -1.17. The first-order valence-electron chi connectivity index (χ1n) is 6.23. The second-order valence-corrected chi connectivity index (χ2v) is 5.25. The van der Waals surface area contributed by atoms with Gasteiger partial charge in [0.05, 0.1) is 0 Å². The lowest BCUT2D eigenvalue weighted by atomic mass is 9.79. The summed E-state index contributed by atoms with van der Waals surface area (Å²) < 4.78 is 37.4. The number of hydrogen-bond donors (Lipinski definition) is 3. The number of piperidine rings is 2. The van der Waals surface area contributed by atoms with Crippen LogP contribution in [-0.2, 0) is 0 Å². The van der Waals surface area contributed by atoms with Crippen molar-refractivity contribution in [1.82, 2.24) is 10.6 Å². The van der Waals surface area contributed by atoms with Gasteiger partial charge in [0.1, 0.15) is 6.04 Å². The van der Waals surface area contributed by atoms with Gasteiger partial charge in [-0.25, -0.2) is 0 Å². The van der Waals surface area contributed by atoms with Gasteiger partial charge in [-0.05, 0) is 44.2 Å². The molecule has 0 saturated carbocycles. The first kappa shape index (κ1) is 13.1. The van der Waals surface area contributed by atoms with Gasteiger partial charge >= 0.3 is 6.18 Å². The van der Waals surface area contributed by atoms with Crippen LogP contribution in [0, 0.1) is 11.8 Å². The first-order valence-corrected chi connectivity index (χ1v) is 6.23. The van der Waals surface area contributed by atoms with E-state index < -0.39 is 12.2 Å². The Morgan fingerprint density at radius 3 is 2.29 bits per heavy atom. The Balaban J connectivity index is 1.82. The Morgan fingerprint density at radius 1 is 1.00 bits per heavy atom. The predicted octanol–water partition coefficient (Wildman–Crippen LogP) is 0.854. The van der Waals surface area contributed by atoms with E-state index in [1.54, 1.807) is 0 Å². The molecule has 4 unspecified atom stereocenters. The monoisotopic (exact) mass is 251 g/mol. The lowest BCUT2D eigenvalue weighted by Gasteiger charge is -2.38. The van der Waals surface area contributed by atoms with Crippen molar-refractivity contribution in [1.29, 1.82) is 0 Å². The Bertz CT molecular complexity index is 249. The van der Waals surface area contributed by atoms with Crippen molar-refractivity contribution >= 4 is 0 Å². The number of nitrogens with two attached hydrogens (primary N) is 1. The maximum atomic E-state index is 12.5. The van der Waals surface area contributed by atoms with Gasteiger partial charge in [0.15, 0.2) is 0 Å². The average Bonchev–Trinajstić information content (AvgIpc) is 2.28. The molecule has 0 aromatic carbocycles. The van der Waals surface area contributed by atoms with Gasteiger partial charge in [-0.1, -0.05) is 0 Å². The molecule has 100 valence electrons. The third kappa shape index (κ3) is 3.33. The van der Waals surface area contributed by atoms with Gasteiger partial charge in [0.2, 0.25) is 0 Å². The summed E-state index contributed by atoms with van der Waals surface area (Å²) in [6.07, 6.45) is -2.33. The van der Waals surface area contributed by atoms with Crippen LogP contribution in [0.15, 0.2) is 0 Å². The van der Waals surface area contributed by atoms with Crippen LogP contribution in [0.25, 0.3) is 0 Å². The topological polar surface area (TPSA) is 50.1 Å². The maximum Gasteiger partial charge on any atom is 0.403 e. The molecule has 2 aliphatic heterocycles. The summed E-state index contributed by atoms with van der Waals surface area (Å²) in [5.74, 6) is 0.743. The third-order valence-corrected chi connectivity index (χ3v) is 3.93. The van der Waals surface area contributed by atoms with Crippen LogP contribution in [0.5, 0.6) is 0 Å². The van der Waals surface area contributed by atoms with Crippen molar-refractivity contribution in [3.63, 3.8) is 0 Å². The van der Waals surface area contributed by atoms with Crippen molar-refractivity contribution in [3.8, 4) is 0 Å². The molecule has 2 rings (SSSR count). The molecule has 4 atom stereocenters. The molecule has 0 amide bonds. The zero-order valence-electron chi connectivity index (χ0n) is 9.76. The Hall–Kier alpha value is -0.330. The minimum atomic E-state index is -4.10. The SMILES string of the molecule is NC1CNCC(C2CCC(C(F)(F)F)NC2)C1. The van der Waals surface area contributed by atoms with Crippen LogP contribution in [0.2, 0.25) is 0 Å². The number of halogens is 3. The van der Waals surface area contributed by atoms with E-state index in [0.29, 0.717) is 24.8 Å². The molecule has 0 aromatic heterocycles. The number of rotatable bonds is 1. The van der Waals surface area contributed by atoms with Gasteiger partial charge < -0.3 is 16.4 Å². The highest BCUT2D eigenvalue weighted by Crippen LogP contribution is 2.32. The van der Waals surface area contributed by atoms with Crippen LogP contribution in [0.3, 0.4) is 0 Å². The fraction of sp³-hybridized carbons (Fsp3) is 1.00. The smallest absolute Gasteiger partial charge is 0.327 e. The Kier molecular flexibility index (Phi) is 3.95. The van der Waals surface area contributed by atoms with Crippen molar-refractivity contribution in [2.75, 3.05) is 19.6 Å². The maximum absolute atomic E-state index is 12.5. The van der Waals surface area contributed by atoms with E-state index in [1.165, 1.54) is 0 Å². The fourth-order valence-electron chi connectivity index (χ4n) is 2.93. The number of hydrogen-bond acceptors (Lipinski definition) is 3. The Labute approximate surface area is 99.3 Å². The standard InChI is InChI=1S/C11H20F3N3/c12-11(13,14)10-2-1-7(5-17-10)8-3-9(15)6-16-4-8/h7-10,16-17H,1-6,15H2. The molecule has 4 N–H and O–H groups in total.